The van der Waals surface area contributed by atoms with E-state index in [-0.39, 0.29) is 10.8 Å². The zero-order chi connectivity index (χ0) is 17.5. The van der Waals surface area contributed by atoms with Gasteiger partial charge in [0.1, 0.15) is 0 Å². The third-order valence-electron chi connectivity index (χ3n) is 3.71. The fourth-order valence-corrected chi connectivity index (χ4v) is 3.77. The molecule has 0 aromatic heterocycles. The normalized spacial score (nSPS) is 11.7. The second kappa shape index (κ2) is 9.00. The molecule has 0 saturated carbocycles. The van der Waals surface area contributed by atoms with Gasteiger partial charge < -0.3 is 11.1 Å². The summed E-state index contributed by atoms with van der Waals surface area (Å²) in [5, 5.41) is 2.81. The van der Waals surface area contributed by atoms with Gasteiger partial charge in [0.15, 0.2) is 0 Å². The van der Waals surface area contributed by atoms with Crippen LogP contribution in [0, 0.1) is 6.92 Å². The molecular weight excluding hydrogens is 314 g/mol. The highest BCUT2D eigenvalue weighted by atomic mass is 32.2. The van der Waals surface area contributed by atoms with Gasteiger partial charge in [-0.15, -0.1) is 0 Å². The van der Waals surface area contributed by atoms with E-state index in [4.69, 9.17) is 5.73 Å². The van der Waals surface area contributed by atoms with E-state index in [9.17, 15) is 13.2 Å². The van der Waals surface area contributed by atoms with Crippen LogP contribution >= 0.6 is 0 Å². The summed E-state index contributed by atoms with van der Waals surface area (Å²) in [6, 6.07) is 4.68. The number of sulfonamides is 1. The van der Waals surface area contributed by atoms with Gasteiger partial charge in [0.25, 0.3) is 5.91 Å². The summed E-state index contributed by atoms with van der Waals surface area (Å²) in [5.41, 5.74) is 6.56. The summed E-state index contributed by atoms with van der Waals surface area (Å²) in [6.07, 6.45) is 1.65. The van der Waals surface area contributed by atoms with Crippen LogP contribution in [-0.2, 0) is 10.0 Å². The van der Waals surface area contributed by atoms with Gasteiger partial charge in [0.05, 0.1) is 4.90 Å². The van der Waals surface area contributed by atoms with Crippen LogP contribution in [0.3, 0.4) is 0 Å². The summed E-state index contributed by atoms with van der Waals surface area (Å²) < 4.78 is 26.5. The Labute approximate surface area is 139 Å². The van der Waals surface area contributed by atoms with Crippen molar-refractivity contribution < 1.29 is 13.2 Å². The number of unbranched alkanes of at least 4 members (excludes halogenated alkanes) is 1. The SMILES string of the molecule is CCN(CC)S(=O)(=O)c1ccc(C)c(C(=O)NCCCCN)c1. The second-order valence-electron chi connectivity index (χ2n) is 5.32. The van der Waals surface area contributed by atoms with Crippen molar-refractivity contribution >= 4 is 15.9 Å². The van der Waals surface area contributed by atoms with Crippen molar-refractivity contribution in [2.24, 2.45) is 5.73 Å². The number of carbonyl (C=O) groups excluding carboxylic acids is 1. The van der Waals surface area contributed by atoms with E-state index in [0.717, 1.165) is 18.4 Å². The number of nitrogens with two attached hydrogens (primary N) is 1. The Morgan fingerprint density at radius 3 is 2.43 bits per heavy atom. The maximum absolute atomic E-state index is 12.6. The summed E-state index contributed by atoms with van der Waals surface area (Å²) in [6.45, 7) is 7.29. The molecule has 0 spiro atoms. The highest BCUT2D eigenvalue weighted by Crippen LogP contribution is 2.19. The number of aryl methyl sites for hydroxylation is 1. The minimum Gasteiger partial charge on any atom is -0.352 e. The Hall–Kier alpha value is -1.44. The van der Waals surface area contributed by atoms with Gasteiger partial charge in [0.2, 0.25) is 10.0 Å². The van der Waals surface area contributed by atoms with Gasteiger partial charge >= 0.3 is 0 Å². The van der Waals surface area contributed by atoms with Crippen molar-refractivity contribution in [3.63, 3.8) is 0 Å². The Morgan fingerprint density at radius 2 is 1.87 bits per heavy atom. The zero-order valence-electron chi connectivity index (χ0n) is 14.1. The smallest absolute Gasteiger partial charge is 0.251 e. The average molecular weight is 341 g/mol. The van der Waals surface area contributed by atoms with Crippen LogP contribution in [0.5, 0.6) is 0 Å². The van der Waals surface area contributed by atoms with Gasteiger partial charge in [-0.2, -0.15) is 4.31 Å². The number of amides is 1. The van der Waals surface area contributed by atoms with E-state index in [1.807, 2.05) is 0 Å². The molecule has 1 aromatic carbocycles. The number of carbonyl (C=O) groups is 1. The van der Waals surface area contributed by atoms with Gasteiger partial charge in [-0.3, -0.25) is 4.79 Å². The Balaban J connectivity index is 3.01. The molecule has 1 amide bonds. The number of benzene rings is 1. The molecule has 0 fully saturated rings. The van der Waals surface area contributed by atoms with Gasteiger partial charge in [0, 0.05) is 25.2 Å². The molecular formula is C16H27N3O3S. The first-order valence-corrected chi connectivity index (χ1v) is 9.41. The predicted molar refractivity (Wildman–Crippen MR) is 91.9 cm³/mol. The molecule has 0 aliphatic heterocycles. The maximum atomic E-state index is 12.6. The highest BCUT2D eigenvalue weighted by Gasteiger charge is 2.23. The Bertz CT molecular complexity index is 625. The molecule has 0 heterocycles. The van der Waals surface area contributed by atoms with Crippen LogP contribution in [0.4, 0.5) is 0 Å². The zero-order valence-corrected chi connectivity index (χ0v) is 14.9. The second-order valence-corrected chi connectivity index (χ2v) is 7.26. The average Bonchev–Trinajstić information content (AvgIpc) is 2.52. The van der Waals surface area contributed by atoms with Crippen molar-refractivity contribution in [1.82, 2.24) is 9.62 Å². The first-order chi connectivity index (χ1) is 10.9. The quantitative estimate of drug-likeness (QED) is 0.666. The molecule has 0 bridgehead atoms. The number of nitrogens with one attached hydrogen (secondary N) is 1. The van der Waals surface area contributed by atoms with Gasteiger partial charge in [-0.05, 0) is 44.0 Å². The Kier molecular flexibility index (Phi) is 7.67. The third kappa shape index (κ3) is 5.02. The van der Waals surface area contributed by atoms with E-state index in [2.05, 4.69) is 5.32 Å². The standard InChI is InChI=1S/C16H27N3O3S/c1-4-19(5-2)23(21,22)14-9-8-13(3)15(12-14)16(20)18-11-7-6-10-17/h8-9,12H,4-7,10-11,17H2,1-3H3,(H,18,20). The van der Waals surface area contributed by atoms with Crippen molar-refractivity contribution in [2.45, 2.75) is 38.5 Å². The largest absolute Gasteiger partial charge is 0.352 e. The summed E-state index contributed by atoms with van der Waals surface area (Å²) in [4.78, 5) is 12.4. The van der Waals surface area contributed by atoms with E-state index in [1.165, 1.54) is 10.4 Å². The molecule has 6 nitrogen and oxygen atoms in total. The van der Waals surface area contributed by atoms with Crippen LogP contribution in [0.1, 0.15) is 42.6 Å². The summed E-state index contributed by atoms with van der Waals surface area (Å²) in [5.74, 6) is -0.254. The fourth-order valence-electron chi connectivity index (χ4n) is 2.29. The molecule has 0 radical (unpaired) electrons. The third-order valence-corrected chi connectivity index (χ3v) is 5.76. The Morgan fingerprint density at radius 1 is 1.22 bits per heavy atom. The minimum atomic E-state index is -3.57. The van der Waals surface area contributed by atoms with E-state index >= 15 is 0 Å². The molecule has 130 valence electrons. The molecule has 1 rings (SSSR count). The van der Waals surface area contributed by atoms with Crippen LogP contribution in [0.15, 0.2) is 23.1 Å². The monoisotopic (exact) mass is 341 g/mol. The molecule has 0 aliphatic rings. The van der Waals surface area contributed by atoms with E-state index in [1.54, 1.807) is 32.9 Å². The topological polar surface area (TPSA) is 92.5 Å². The number of hydrogen-bond donors (Lipinski definition) is 2. The molecule has 3 N–H and O–H groups in total. The van der Waals surface area contributed by atoms with Crippen LogP contribution in [0.25, 0.3) is 0 Å². The van der Waals surface area contributed by atoms with Gasteiger partial charge in [-0.1, -0.05) is 19.9 Å². The molecule has 0 aliphatic carbocycles. The molecule has 0 saturated heterocycles. The lowest BCUT2D eigenvalue weighted by Crippen LogP contribution is -2.31. The lowest BCUT2D eigenvalue weighted by molar-refractivity contribution is 0.0952. The molecule has 7 heteroatoms. The lowest BCUT2D eigenvalue weighted by Gasteiger charge is -2.19. The van der Waals surface area contributed by atoms with E-state index in [0.29, 0.717) is 31.7 Å². The maximum Gasteiger partial charge on any atom is 0.251 e. The van der Waals surface area contributed by atoms with E-state index < -0.39 is 10.0 Å². The minimum absolute atomic E-state index is 0.152. The predicted octanol–water partition coefficient (Wildman–Crippen LogP) is 1.49. The first-order valence-electron chi connectivity index (χ1n) is 7.97. The number of rotatable bonds is 9. The van der Waals surface area contributed by atoms with Crippen molar-refractivity contribution in [1.29, 1.82) is 0 Å². The van der Waals surface area contributed by atoms with Crippen LogP contribution < -0.4 is 11.1 Å². The fraction of sp³-hybridized carbons (Fsp3) is 0.562. The highest BCUT2D eigenvalue weighted by molar-refractivity contribution is 7.89. The van der Waals surface area contributed by atoms with Crippen molar-refractivity contribution in [3.05, 3.63) is 29.3 Å². The van der Waals surface area contributed by atoms with Crippen LogP contribution in [0.2, 0.25) is 0 Å². The van der Waals surface area contributed by atoms with Gasteiger partial charge in [-0.25, -0.2) is 8.42 Å². The summed E-state index contributed by atoms with van der Waals surface area (Å²) >= 11 is 0. The molecule has 0 unspecified atom stereocenters. The number of nitrogens with zero attached hydrogens (tertiary/aromatic N) is 1. The first kappa shape index (κ1) is 19.6. The van der Waals surface area contributed by atoms with Crippen LogP contribution in [-0.4, -0.2) is 44.8 Å². The molecule has 1 aromatic rings. The van der Waals surface area contributed by atoms with Crippen molar-refractivity contribution in [2.75, 3.05) is 26.2 Å². The summed E-state index contributed by atoms with van der Waals surface area (Å²) in [7, 11) is -3.57. The molecule has 0 atom stereocenters. The lowest BCUT2D eigenvalue weighted by atomic mass is 10.1. The molecule has 23 heavy (non-hydrogen) atoms. The number of hydrogen-bond acceptors (Lipinski definition) is 4. The van der Waals surface area contributed by atoms with Crippen molar-refractivity contribution in [3.8, 4) is 0 Å².